The number of ether oxygens (including phenoxy) is 2. The number of rotatable bonds is 6. The second-order valence-corrected chi connectivity index (χ2v) is 11.2. The standard InChI is InChI=1S/C26H28F3N5O5S/c1-25(2,3)39-23(36)30-14-15-7-9-34(10-8-15)22-31-17(13-20-21(35)33-24(37)40-20)12-19(32-22)16-5-4-6-18(11-16)38-26(27,28)29/h4-6,11-13,15H,7-10,14H2,1-3H3,(H,30,36)(H,33,35,37). The number of imide groups is 1. The Bertz CT molecular complexity index is 1320. The van der Waals surface area contributed by atoms with Crippen molar-refractivity contribution in [2.75, 3.05) is 24.5 Å². The number of alkyl carbamates (subject to hydrolysis) is 1. The van der Waals surface area contributed by atoms with Gasteiger partial charge in [0.1, 0.15) is 11.4 Å². The highest BCUT2D eigenvalue weighted by Crippen LogP contribution is 2.31. The third-order valence-corrected chi connectivity index (χ3v) is 6.66. The highest BCUT2D eigenvalue weighted by molar-refractivity contribution is 8.18. The minimum absolute atomic E-state index is 0.140. The smallest absolute Gasteiger partial charge is 0.444 e. The SMILES string of the molecule is CC(C)(C)OC(=O)NCC1CCN(c2nc(C=C3SC(=O)NC3=O)cc(-c3cccc(OC(F)(F)F)c3)n2)CC1. The molecule has 1 aromatic carbocycles. The van der Waals surface area contributed by atoms with E-state index in [0.717, 1.165) is 24.6 Å². The predicted molar refractivity (Wildman–Crippen MR) is 142 cm³/mol. The summed E-state index contributed by atoms with van der Waals surface area (Å²) in [7, 11) is 0. The Morgan fingerprint density at radius 3 is 2.52 bits per heavy atom. The lowest BCUT2D eigenvalue weighted by Gasteiger charge is -2.32. The molecule has 0 radical (unpaired) electrons. The third kappa shape index (κ3) is 8.34. The molecule has 214 valence electrons. The highest BCUT2D eigenvalue weighted by atomic mass is 32.2. The summed E-state index contributed by atoms with van der Waals surface area (Å²) in [5.41, 5.74) is 0.379. The number of thioether (sulfide) groups is 1. The maximum absolute atomic E-state index is 12.8. The average molecular weight is 580 g/mol. The minimum Gasteiger partial charge on any atom is -0.444 e. The summed E-state index contributed by atoms with van der Waals surface area (Å²) in [6, 6.07) is 6.92. The number of carbonyl (C=O) groups is 3. The summed E-state index contributed by atoms with van der Waals surface area (Å²) < 4.78 is 47.7. The lowest BCUT2D eigenvalue weighted by atomic mass is 9.97. The summed E-state index contributed by atoms with van der Waals surface area (Å²) in [5, 5.41) is 4.46. The maximum atomic E-state index is 12.8. The molecule has 2 N–H and O–H groups in total. The summed E-state index contributed by atoms with van der Waals surface area (Å²) in [5.74, 6) is -0.440. The molecule has 2 aromatic rings. The van der Waals surface area contributed by atoms with E-state index in [1.165, 1.54) is 30.3 Å². The molecular weight excluding hydrogens is 551 g/mol. The Balaban J connectivity index is 1.55. The van der Waals surface area contributed by atoms with E-state index in [1.807, 2.05) is 4.90 Å². The molecule has 0 spiro atoms. The predicted octanol–water partition coefficient (Wildman–Crippen LogP) is 5.11. The number of nitrogens with one attached hydrogen (secondary N) is 2. The van der Waals surface area contributed by atoms with E-state index < -0.39 is 35.0 Å². The Labute approximate surface area is 232 Å². The van der Waals surface area contributed by atoms with Crippen molar-refractivity contribution in [2.45, 2.75) is 45.6 Å². The second kappa shape index (κ2) is 11.7. The van der Waals surface area contributed by atoms with Gasteiger partial charge in [-0.3, -0.25) is 14.9 Å². The molecule has 0 atom stereocenters. The topological polar surface area (TPSA) is 123 Å². The fraction of sp³-hybridized carbons (Fsp3) is 0.423. The van der Waals surface area contributed by atoms with Gasteiger partial charge in [0.25, 0.3) is 11.1 Å². The molecule has 0 bridgehead atoms. The van der Waals surface area contributed by atoms with Gasteiger partial charge < -0.3 is 19.7 Å². The van der Waals surface area contributed by atoms with Gasteiger partial charge in [0.2, 0.25) is 5.95 Å². The third-order valence-electron chi connectivity index (χ3n) is 5.85. The molecule has 4 rings (SSSR count). The van der Waals surface area contributed by atoms with Crippen molar-refractivity contribution in [1.82, 2.24) is 20.6 Å². The van der Waals surface area contributed by atoms with Crippen LogP contribution in [-0.2, 0) is 9.53 Å². The lowest BCUT2D eigenvalue weighted by molar-refractivity contribution is -0.274. The number of alkyl halides is 3. The molecule has 0 aliphatic carbocycles. The molecule has 2 aliphatic rings. The van der Waals surface area contributed by atoms with Crippen LogP contribution in [0.15, 0.2) is 35.2 Å². The van der Waals surface area contributed by atoms with Gasteiger partial charge in [0.05, 0.1) is 16.3 Å². The van der Waals surface area contributed by atoms with Gasteiger partial charge in [-0.25, -0.2) is 14.8 Å². The van der Waals surface area contributed by atoms with Crippen LogP contribution in [0.1, 0.15) is 39.3 Å². The molecule has 2 saturated heterocycles. The molecule has 1 aromatic heterocycles. The molecule has 10 nitrogen and oxygen atoms in total. The Hall–Kier alpha value is -3.81. The molecule has 2 aliphatic heterocycles. The second-order valence-electron chi connectivity index (χ2n) is 10.2. The first-order chi connectivity index (χ1) is 18.7. The van der Waals surface area contributed by atoms with Crippen molar-refractivity contribution in [1.29, 1.82) is 0 Å². The summed E-state index contributed by atoms with van der Waals surface area (Å²) in [4.78, 5) is 46.9. The van der Waals surface area contributed by atoms with Crippen molar-refractivity contribution in [3.05, 3.63) is 40.9 Å². The van der Waals surface area contributed by atoms with Crippen molar-refractivity contribution >= 4 is 41.0 Å². The Morgan fingerprint density at radius 2 is 1.90 bits per heavy atom. The molecule has 2 fully saturated rings. The van der Waals surface area contributed by atoms with Crippen LogP contribution in [0.5, 0.6) is 5.75 Å². The number of carbonyl (C=O) groups excluding carboxylic acids is 3. The monoisotopic (exact) mass is 579 g/mol. The lowest BCUT2D eigenvalue weighted by Crippen LogP contribution is -2.40. The minimum atomic E-state index is -4.85. The van der Waals surface area contributed by atoms with Crippen molar-refractivity contribution in [3.8, 4) is 17.0 Å². The number of hydrogen-bond donors (Lipinski definition) is 2. The van der Waals surface area contributed by atoms with Crippen molar-refractivity contribution in [3.63, 3.8) is 0 Å². The zero-order valence-corrected chi connectivity index (χ0v) is 22.8. The summed E-state index contributed by atoms with van der Waals surface area (Å²) in [6.07, 6.45) is -2.45. The average Bonchev–Trinajstić information content (AvgIpc) is 3.17. The van der Waals surface area contributed by atoms with Crippen LogP contribution in [0.3, 0.4) is 0 Å². The van der Waals surface area contributed by atoms with E-state index in [1.54, 1.807) is 26.8 Å². The summed E-state index contributed by atoms with van der Waals surface area (Å²) in [6.45, 7) is 6.94. The van der Waals surface area contributed by atoms with Gasteiger partial charge >= 0.3 is 12.5 Å². The molecule has 0 unspecified atom stereocenters. The first-order valence-corrected chi connectivity index (χ1v) is 13.3. The normalized spacial score (nSPS) is 17.6. The van der Waals surface area contributed by atoms with Gasteiger partial charge in [0.15, 0.2) is 0 Å². The zero-order chi connectivity index (χ0) is 29.1. The van der Waals surface area contributed by atoms with Gasteiger partial charge in [-0.2, -0.15) is 0 Å². The van der Waals surface area contributed by atoms with Crippen LogP contribution in [0.4, 0.5) is 28.7 Å². The number of nitrogens with zero attached hydrogens (tertiary/aromatic N) is 3. The quantitative estimate of drug-likeness (QED) is 0.450. The van der Waals surface area contributed by atoms with Crippen LogP contribution in [-0.4, -0.2) is 58.8 Å². The largest absolute Gasteiger partial charge is 0.573 e. The molecule has 40 heavy (non-hydrogen) atoms. The molecule has 0 saturated carbocycles. The van der Waals surface area contributed by atoms with Gasteiger partial charge in [0, 0.05) is 25.2 Å². The highest BCUT2D eigenvalue weighted by Gasteiger charge is 2.31. The molecule has 3 heterocycles. The number of piperidine rings is 1. The number of anilines is 1. The number of amides is 3. The Kier molecular flexibility index (Phi) is 8.57. The van der Waals surface area contributed by atoms with Crippen LogP contribution in [0, 0.1) is 5.92 Å². The first kappa shape index (κ1) is 29.2. The van der Waals surface area contributed by atoms with E-state index in [4.69, 9.17) is 4.74 Å². The van der Waals surface area contributed by atoms with E-state index in [-0.39, 0.29) is 10.8 Å². The van der Waals surface area contributed by atoms with Gasteiger partial charge in [-0.05, 0) is 75.6 Å². The fourth-order valence-electron chi connectivity index (χ4n) is 4.10. The van der Waals surface area contributed by atoms with Crippen molar-refractivity contribution in [2.24, 2.45) is 5.92 Å². The van der Waals surface area contributed by atoms with E-state index in [2.05, 4.69) is 25.3 Å². The van der Waals surface area contributed by atoms with Gasteiger partial charge in [-0.15, -0.1) is 13.2 Å². The fourth-order valence-corrected chi connectivity index (χ4v) is 4.77. The van der Waals surface area contributed by atoms with Crippen LogP contribution in [0.25, 0.3) is 17.3 Å². The zero-order valence-electron chi connectivity index (χ0n) is 22.0. The number of halogens is 3. The Morgan fingerprint density at radius 1 is 1.18 bits per heavy atom. The molecule has 14 heteroatoms. The van der Waals surface area contributed by atoms with Crippen molar-refractivity contribution < 1.29 is 37.0 Å². The number of benzene rings is 1. The van der Waals surface area contributed by atoms with E-state index in [0.29, 0.717) is 42.5 Å². The van der Waals surface area contributed by atoms with Crippen LogP contribution in [0.2, 0.25) is 0 Å². The molecule has 3 amide bonds. The maximum Gasteiger partial charge on any atom is 0.573 e. The van der Waals surface area contributed by atoms with Crippen LogP contribution >= 0.6 is 11.8 Å². The van der Waals surface area contributed by atoms with E-state index in [9.17, 15) is 27.6 Å². The van der Waals surface area contributed by atoms with E-state index >= 15 is 0 Å². The first-order valence-electron chi connectivity index (χ1n) is 12.5. The summed E-state index contributed by atoms with van der Waals surface area (Å²) >= 11 is 0.729. The number of aromatic nitrogens is 2. The number of hydrogen-bond acceptors (Lipinski definition) is 9. The van der Waals surface area contributed by atoms with Gasteiger partial charge in [-0.1, -0.05) is 12.1 Å². The van der Waals surface area contributed by atoms with Crippen LogP contribution < -0.4 is 20.3 Å². The molecular formula is C26H28F3N5O5S.